The van der Waals surface area contributed by atoms with Crippen LogP contribution in [-0.4, -0.2) is 84.9 Å². The van der Waals surface area contributed by atoms with E-state index < -0.39 is 37.0 Å². The molecule has 1 saturated heterocycles. The van der Waals surface area contributed by atoms with Crippen molar-refractivity contribution in [3.05, 3.63) is 47.9 Å². The highest BCUT2D eigenvalue weighted by Crippen LogP contribution is 2.47. The topological polar surface area (TPSA) is 173 Å². The molecule has 0 aliphatic carbocycles. The van der Waals surface area contributed by atoms with Crippen LogP contribution in [0, 0.1) is 5.41 Å². The number of Topliss-reactive ketones (excluding diaryl/α,β-unsaturated/α-hetero) is 1. The second kappa shape index (κ2) is 13.0. The second-order valence-electron chi connectivity index (χ2n) is 11.0. The highest BCUT2D eigenvalue weighted by molar-refractivity contribution is 8.13. The number of aliphatic hydroxyl groups excluding tert-OH is 2. The molecule has 1 aromatic carbocycles. The maximum Gasteiger partial charge on any atom is 0.270 e. The van der Waals surface area contributed by atoms with E-state index in [9.17, 15) is 29.5 Å². The number of fused-ring (bicyclic) bond motifs is 1. The summed E-state index contributed by atoms with van der Waals surface area (Å²) in [5.74, 6) is 0.282. The van der Waals surface area contributed by atoms with Crippen molar-refractivity contribution in [2.45, 2.75) is 64.2 Å². The number of aromatic nitrogens is 2. The Morgan fingerprint density at radius 1 is 1.34 bits per heavy atom. The fourth-order valence-electron chi connectivity index (χ4n) is 4.51. The molecule has 2 aromatic rings. The van der Waals surface area contributed by atoms with Crippen LogP contribution < -0.4 is 5.09 Å². The third kappa shape index (κ3) is 7.23. The van der Waals surface area contributed by atoms with Crippen LogP contribution in [-0.2, 0) is 25.2 Å². The molecule has 12 nitrogen and oxygen atoms in total. The van der Waals surface area contributed by atoms with Crippen molar-refractivity contribution < 1.29 is 38.7 Å². The third-order valence-electron chi connectivity index (χ3n) is 7.17. The quantitative estimate of drug-likeness (QED) is 0.195. The Balaban J connectivity index is 1.43. The Labute approximate surface area is 243 Å². The predicted octanol–water partition coefficient (Wildman–Crippen LogP) is 2.85. The molecule has 2 aliphatic rings. The Bertz CT molecular complexity index is 1320. The summed E-state index contributed by atoms with van der Waals surface area (Å²) in [5, 5.41) is 34.4. The van der Waals surface area contributed by atoms with E-state index in [0.29, 0.717) is 0 Å². The van der Waals surface area contributed by atoms with Crippen LogP contribution in [0.4, 0.5) is 5.82 Å². The van der Waals surface area contributed by atoms with Gasteiger partial charge in [0.1, 0.15) is 11.7 Å². The number of thioether (sulfide) groups is 1. The Morgan fingerprint density at radius 3 is 2.78 bits per heavy atom. The van der Waals surface area contributed by atoms with Gasteiger partial charge in [-0.3, -0.25) is 18.7 Å². The predicted molar refractivity (Wildman–Crippen MR) is 155 cm³/mol. The number of nitrogens with zero attached hydrogens (tertiary/aromatic N) is 3. The summed E-state index contributed by atoms with van der Waals surface area (Å²) >= 11 is 1.00. The zero-order chi connectivity index (χ0) is 29.8. The molecule has 0 saturated carbocycles. The summed E-state index contributed by atoms with van der Waals surface area (Å²) in [6, 6.07) is 9.37. The van der Waals surface area contributed by atoms with Crippen molar-refractivity contribution >= 4 is 42.2 Å². The number of carbonyl (C=O) groups is 2. The largest absolute Gasteiger partial charge is 0.395 e. The van der Waals surface area contributed by atoms with Crippen molar-refractivity contribution in [3.63, 3.8) is 0 Å². The van der Waals surface area contributed by atoms with Gasteiger partial charge < -0.3 is 24.6 Å². The lowest BCUT2D eigenvalue weighted by atomic mass is 9.95. The first kappa shape index (κ1) is 31.7. The van der Waals surface area contributed by atoms with Gasteiger partial charge in [0.25, 0.3) is 7.52 Å². The highest BCUT2D eigenvalue weighted by atomic mass is 32.2. The van der Waals surface area contributed by atoms with Gasteiger partial charge in [-0.25, -0.2) is 15.1 Å². The van der Waals surface area contributed by atoms with Gasteiger partial charge in [0, 0.05) is 31.1 Å². The number of hydrogen-bond acceptors (Lipinski definition) is 11. The van der Waals surface area contributed by atoms with E-state index in [1.807, 2.05) is 30.3 Å². The van der Waals surface area contributed by atoms with Gasteiger partial charge in [-0.05, 0) is 32.8 Å². The molecule has 41 heavy (non-hydrogen) atoms. The zero-order valence-electron chi connectivity index (χ0n) is 23.3. The standard InChI is InChI=1S/C27H37N4O8PS/c1-26(2,16-32)25(35)41-14-12-38-40(37,30-15-18-7-5-4-6-8-18)13-10-20-22(34)27(3,36)24(39-20)31-17-29-21-19(33)9-11-28-23(21)31/h4-8,11,17,20,22,24,32,34,36H,9-10,12-16H2,1-3H3,(H,30,37)/t20-,22-,24-,27-,40?/m1/s1. The van der Waals surface area contributed by atoms with Crippen molar-refractivity contribution in [2.75, 3.05) is 25.1 Å². The number of aliphatic hydroxyl groups is 3. The minimum atomic E-state index is -3.50. The average Bonchev–Trinajstić information content (AvgIpc) is 3.48. The van der Waals surface area contributed by atoms with E-state index in [1.54, 1.807) is 13.8 Å². The third-order valence-corrected chi connectivity index (χ3v) is 10.4. The van der Waals surface area contributed by atoms with Gasteiger partial charge in [-0.1, -0.05) is 42.1 Å². The van der Waals surface area contributed by atoms with Crippen molar-refractivity contribution in [2.24, 2.45) is 10.4 Å². The van der Waals surface area contributed by atoms with Gasteiger partial charge in [0.05, 0.1) is 31.1 Å². The summed E-state index contributed by atoms with van der Waals surface area (Å²) in [4.78, 5) is 32.9. The maximum absolute atomic E-state index is 13.9. The molecule has 224 valence electrons. The lowest BCUT2D eigenvalue weighted by molar-refractivity contribution is -0.119. The van der Waals surface area contributed by atoms with E-state index in [1.165, 1.54) is 24.0 Å². The molecule has 2 aliphatic heterocycles. The van der Waals surface area contributed by atoms with Gasteiger partial charge >= 0.3 is 0 Å². The molecule has 4 rings (SSSR count). The molecule has 0 spiro atoms. The first-order valence-electron chi connectivity index (χ1n) is 13.4. The fraction of sp³-hybridized carbons (Fsp3) is 0.556. The van der Waals surface area contributed by atoms with Gasteiger partial charge in [0.15, 0.2) is 28.6 Å². The summed E-state index contributed by atoms with van der Waals surface area (Å²) in [7, 11) is -3.50. The van der Waals surface area contributed by atoms with E-state index in [2.05, 4.69) is 15.1 Å². The first-order valence-corrected chi connectivity index (χ1v) is 16.2. The van der Waals surface area contributed by atoms with E-state index >= 15 is 0 Å². The van der Waals surface area contributed by atoms with E-state index in [-0.39, 0.29) is 66.9 Å². The Kier molecular flexibility index (Phi) is 10.0. The van der Waals surface area contributed by atoms with Gasteiger partial charge in [0.2, 0.25) is 0 Å². The monoisotopic (exact) mass is 608 g/mol. The lowest BCUT2D eigenvalue weighted by Gasteiger charge is -2.28. The number of ether oxygens (including phenoxy) is 1. The number of rotatable bonds is 13. The normalized spacial score (nSPS) is 25.7. The summed E-state index contributed by atoms with van der Waals surface area (Å²) in [6.45, 7) is 4.72. The molecule has 4 N–H and O–H groups in total. The zero-order valence-corrected chi connectivity index (χ0v) is 25.0. The van der Waals surface area contributed by atoms with E-state index in [0.717, 1.165) is 17.3 Å². The number of imidazole rings is 1. The van der Waals surface area contributed by atoms with Crippen LogP contribution in [0.5, 0.6) is 0 Å². The number of aliphatic imine (C=N–C) groups is 1. The van der Waals surface area contributed by atoms with Crippen LogP contribution in [0.15, 0.2) is 41.7 Å². The average molecular weight is 609 g/mol. The van der Waals surface area contributed by atoms with Gasteiger partial charge in [-0.15, -0.1) is 0 Å². The molecular weight excluding hydrogens is 571 g/mol. The number of hydrogen-bond donors (Lipinski definition) is 4. The Hall–Kier alpha value is -2.22. The number of benzene rings is 1. The molecule has 0 bridgehead atoms. The lowest BCUT2D eigenvalue weighted by Crippen LogP contribution is -2.43. The van der Waals surface area contributed by atoms with Gasteiger partial charge in [-0.2, -0.15) is 0 Å². The summed E-state index contributed by atoms with van der Waals surface area (Å²) in [5.41, 5.74) is -1.58. The number of ketones is 1. The minimum absolute atomic E-state index is 0.0125. The first-order chi connectivity index (χ1) is 19.4. The molecule has 0 radical (unpaired) electrons. The van der Waals surface area contributed by atoms with Crippen LogP contribution in [0.25, 0.3) is 0 Å². The molecule has 1 unspecified atom stereocenters. The van der Waals surface area contributed by atoms with Crippen LogP contribution in [0.1, 0.15) is 55.9 Å². The van der Waals surface area contributed by atoms with Crippen LogP contribution in [0.3, 0.4) is 0 Å². The Morgan fingerprint density at radius 2 is 2.07 bits per heavy atom. The van der Waals surface area contributed by atoms with Crippen molar-refractivity contribution in [3.8, 4) is 0 Å². The second-order valence-corrected chi connectivity index (χ2v) is 14.4. The molecule has 5 atom stereocenters. The SMILES string of the molecule is CC(C)(CO)C(=O)SCCOP(=O)(CC[C@H]1O[C@@H](n2cnc3c2N=CCC3=O)[C@](C)(O)[C@@H]1O)NCc1ccccc1. The van der Waals surface area contributed by atoms with Crippen LogP contribution in [0.2, 0.25) is 0 Å². The summed E-state index contributed by atoms with van der Waals surface area (Å²) < 4.78 is 27.2. The maximum atomic E-state index is 13.9. The summed E-state index contributed by atoms with van der Waals surface area (Å²) in [6.07, 6.45) is -0.335. The molecule has 1 fully saturated rings. The molecule has 1 aromatic heterocycles. The van der Waals surface area contributed by atoms with Crippen LogP contribution >= 0.6 is 19.3 Å². The molecular formula is C27H37N4O8PS. The number of nitrogens with one attached hydrogen (secondary N) is 1. The molecule has 0 amide bonds. The number of carbonyl (C=O) groups excluding carboxylic acids is 2. The molecule has 14 heteroatoms. The smallest absolute Gasteiger partial charge is 0.270 e. The minimum Gasteiger partial charge on any atom is -0.395 e. The van der Waals surface area contributed by atoms with Crippen molar-refractivity contribution in [1.29, 1.82) is 0 Å². The van der Waals surface area contributed by atoms with Crippen molar-refractivity contribution in [1.82, 2.24) is 14.6 Å². The highest BCUT2D eigenvalue weighted by Gasteiger charge is 2.54. The van der Waals surface area contributed by atoms with E-state index in [4.69, 9.17) is 9.26 Å². The molecule has 3 heterocycles. The fourth-order valence-corrected chi connectivity index (χ4v) is 7.22.